The first kappa shape index (κ1) is 40.6. The van der Waals surface area contributed by atoms with Crippen LogP contribution in [0.5, 0.6) is 0 Å². The molecule has 4 heteroatoms. The zero-order chi connectivity index (χ0) is 31.5. The lowest BCUT2D eigenvalue weighted by Gasteiger charge is -2.14. The van der Waals surface area contributed by atoms with Gasteiger partial charge in [-0.05, 0) is 83.1 Å². The van der Waals surface area contributed by atoms with E-state index in [2.05, 4.69) is 74.6 Å². The van der Waals surface area contributed by atoms with Crippen molar-refractivity contribution in [2.75, 3.05) is 0 Å². The van der Waals surface area contributed by atoms with Gasteiger partial charge < -0.3 is 9.84 Å². The number of allylic oxidation sites excluding steroid dienone is 9. The molecule has 0 bridgehead atoms. The molecule has 0 aromatic heterocycles. The van der Waals surface area contributed by atoms with Crippen LogP contribution >= 0.6 is 0 Å². The van der Waals surface area contributed by atoms with Crippen molar-refractivity contribution < 1.29 is 19.4 Å². The molecule has 1 N–H and O–H groups in total. The molecule has 0 rings (SSSR count). The summed E-state index contributed by atoms with van der Waals surface area (Å²) in [5.41, 5.74) is 0. The summed E-state index contributed by atoms with van der Waals surface area (Å²) in [6.45, 7) is 4.40. The number of hydrogen-bond donors (Lipinski definition) is 1. The van der Waals surface area contributed by atoms with E-state index in [1.807, 2.05) is 0 Å². The Kier molecular flexibility index (Phi) is 32.3. The highest BCUT2D eigenvalue weighted by molar-refractivity contribution is 5.69. The summed E-state index contributed by atoms with van der Waals surface area (Å²) >= 11 is 0. The van der Waals surface area contributed by atoms with Crippen LogP contribution in [0, 0.1) is 0 Å². The van der Waals surface area contributed by atoms with Crippen molar-refractivity contribution >= 4 is 11.9 Å². The summed E-state index contributed by atoms with van der Waals surface area (Å²) < 4.78 is 5.88. The fourth-order valence-electron chi connectivity index (χ4n) is 4.85. The van der Waals surface area contributed by atoms with E-state index in [0.717, 1.165) is 96.3 Å². The molecule has 4 nitrogen and oxygen atoms in total. The Morgan fingerprint density at radius 1 is 0.558 bits per heavy atom. The lowest BCUT2D eigenvalue weighted by atomic mass is 10.1. The number of carboxylic acid groups (broad SMARTS) is 1. The minimum absolute atomic E-state index is 0.0732. The standard InChI is InChI=1S/C39H66O4/c1-3-5-7-9-11-13-14-15-16-17-18-20-22-28-32-36-39(42)43-37(33-29-25-21-19-12-10-8-6-4-2)34-30-26-23-24-27-31-35-38(40)41/h5,7,11,13,15-16,19,21,29,33,37H,3-4,6,8-10,12,14,17-18,20,22-28,30-32,34-36H2,1-2H3,(H,40,41)/b7-5-,13-11-,16-15-,21-19-,33-29-. The molecule has 43 heavy (non-hydrogen) atoms. The van der Waals surface area contributed by atoms with Crippen LogP contribution in [-0.2, 0) is 14.3 Å². The van der Waals surface area contributed by atoms with Crippen molar-refractivity contribution in [3.05, 3.63) is 60.8 Å². The maximum atomic E-state index is 12.6. The highest BCUT2D eigenvalue weighted by atomic mass is 16.5. The zero-order valence-corrected chi connectivity index (χ0v) is 28.0. The van der Waals surface area contributed by atoms with Gasteiger partial charge in [-0.15, -0.1) is 0 Å². The Hall–Kier alpha value is -2.36. The number of ether oxygens (including phenoxy) is 1. The first-order valence-electron chi connectivity index (χ1n) is 17.8. The summed E-state index contributed by atoms with van der Waals surface area (Å²) in [4.78, 5) is 23.2. The second-order valence-electron chi connectivity index (χ2n) is 11.7. The molecule has 0 aliphatic carbocycles. The van der Waals surface area contributed by atoms with Crippen molar-refractivity contribution in [2.45, 2.75) is 174 Å². The number of carboxylic acids is 1. The fourth-order valence-corrected chi connectivity index (χ4v) is 4.85. The quantitative estimate of drug-likeness (QED) is 0.0490. The minimum Gasteiger partial charge on any atom is -0.481 e. The van der Waals surface area contributed by atoms with Gasteiger partial charge in [0.15, 0.2) is 0 Å². The van der Waals surface area contributed by atoms with E-state index in [9.17, 15) is 9.59 Å². The molecule has 0 heterocycles. The topological polar surface area (TPSA) is 63.6 Å². The minimum atomic E-state index is -0.707. The van der Waals surface area contributed by atoms with Gasteiger partial charge in [-0.1, -0.05) is 133 Å². The average Bonchev–Trinajstić information content (AvgIpc) is 2.99. The number of hydrogen-bond acceptors (Lipinski definition) is 3. The van der Waals surface area contributed by atoms with Crippen LogP contribution in [0.15, 0.2) is 60.8 Å². The molecule has 0 aromatic carbocycles. The second kappa shape index (κ2) is 34.1. The van der Waals surface area contributed by atoms with Gasteiger partial charge in [0.1, 0.15) is 6.10 Å². The normalized spacial score (nSPS) is 13.0. The van der Waals surface area contributed by atoms with Crippen LogP contribution in [-0.4, -0.2) is 23.1 Å². The average molecular weight is 599 g/mol. The molecule has 0 spiro atoms. The van der Waals surface area contributed by atoms with E-state index in [0.29, 0.717) is 6.42 Å². The number of aliphatic carboxylic acids is 1. The molecular weight excluding hydrogens is 532 g/mol. The van der Waals surface area contributed by atoms with E-state index in [4.69, 9.17) is 9.84 Å². The third-order valence-electron chi connectivity index (χ3n) is 7.46. The van der Waals surface area contributed by atoms with E-state index in [1.165, 1.54) is 44.9 Å². The molecule has 0 saturated heterocycles. The molecule has 0 aliphatic rings. The molecule has 1 atom stereocenters. The zero-order valence-electron chi connectivity index (χ0n) is 28.0. The molecular formula is C39H66O4. The third-order valence-corrected chi connectivity index (χ3v) is 7.46. The monoisotopic (exact) mass is 598 g/mol. The summed E-state index contributed by atoms with van der Waals surface area (Å²) in [6.07, 6.45) is 46.7. The highest BCUT2D eigenvalue weighted by Gasteiger charge is 2.11. The van der Waals surface area contributed by atoms with Crippen LogP contribution in [0.4, 0.5) is 0 Å². The highest BCUT2D eigenvalue weighted by Crippen LogP contribution is 2.15. The Morgan fingerprint density at radius 2 is 1.05 bits per heavy atom. The van der Waals surface area contributed by atoms with Crippen molar-refractivity contribution in [3.63, 3.8) is 0 Å². The van der Waals surface area contributed by atoms with Crippen LogP contribution in [0.25, 0.3) is 0 Å². The number of esters is 1. The SMILES string of the molecule is CC/C=C\C/C=C\C/C=C\CCCCCCCC(=O)OC(/C=C\C/C=C\CCCCCC)CCCCCCCCC(=O)O. The smallest absolute Gasteiger partial charge is 0.306 e. The van der Waals surface area contributed by atoms with E-state index < -0.39 is 5.97 Å². The van der Waals surface area contributed by atoms with Gasteiger partial charge in [-0.25, -0.2) is 0 Å². The van der Waals surface area contributed by atoms with Gasteiger partial charge in [0.05, 0.1) is 0 Å². The molecule has 0 fully saturated rings. The lowest BCUT2D eigenvalue weighted by molar-refractivity contribution is -0.147. The Morgan fingerprint density at radius 3 is 1.65 bits per heavy atom. The van der Waals surface area contributed by atoms with E-state index >= 15 is 0 Å². The first-order chi connectivity index (χ1) is 21.1. The van der Waals surface area contributed by atoms with Crippen molar-refractivity contribution in [1.29, 1.82) is 0 Å². The predicted octanol–water partition coefficient (Wildman–Crippen LogP) is 12.2. The van der Waals surface area contributed by atoms with Gasteiger partial charge in [0.25, 0.3) is 0 Å². The molecule has 1 unspecified atom stereocenters. The summed E-state index contributed by atoms with van der Waals surface area (Å²) in [5, 5.41) is 8.76. The van der Waals surface area contributed by atoms with Crippen molar-refractivity contribution in [2.24, 2.45) is 0 Å². The Balaban J connectivity index is 4.20. The van der Waals surface area contributed by atoms with Crippen LogP contribution in [0.1, 0.15) is 168 Å². The van der Waals surface area contributed by atoms with E-state index in [-0.39, 0.29) is 18.5 Å². The number of rotatable bonds is 31. The molecule has 0 aromatic rings. The second-order valence-corrected chi connectivity index (χ2v) is 11.7. The lowest BCUT2D eigenvalue weighted by Crippen LogP contribution is -2.16. The molecule has 246 valence electrons. The van der Waals surface area contributed by atoms with Crippen molar-refractivity contribution in [1.82, 2.24) is 0 Å². The molecule has 0 radical (unpaired) electrons. The van der Waals surface area contributed by atoms with Gasteiger partial charge in [0, 0.05) is 12.8 Å². The number of carbonyl (C=O) groups is 2. The predicted molar refractivity (Wildman–Crippen MR) is 185 cm³/mol. The number of carbonyl (C=O) groups excluding carboxylic acids is 1. The van der Waals surface area contributed by atoms with Gasteiger partial charge in [-0.2, -0.15) is 0 Å². The van der Waals surface area contributed by atoms with Crippen LogP contribution in [0.3, 0.4) is 0 Å². The fraction of sp³-hybridized carbons (Fsp3) is 0.692. The largest absolute Gasteiger partial charge is 0.481 e. The Labute approximate surface area is 265 Å². The third kappa shape index (κ3) is 34.0. The first-order valence-corrected chi connectivity index (χ1v) is 17.8. The summed E-state index contributed by atoms with van der Waals surface area (Å²) in [6, 6.07) is 0. The summed E-state index contributed by atoms with van der Waals surface area (Å²) in [5.74, 6) is -0.781. The van der Waals surface area contributed by atoms with E-state index in [1.54, 1.807) is 0 Å². The maximum Gasteiger partial charge on any atom is 0.306 e. The van der Waals surface area contributed by atoms with Gasteiger partial charge >= 0.3 is 11.9 Å². The van der Waals surface area contributed by atoms with Crippen LogP contribution in [0.2, 0.25) is 0 Å². The van der Waals surface area contributed by atoms with Gasteiger partial charge in [-0.3, -0.25) is 9.59 Å². The summed E-state index contributed by atoms with van der Waals surface area (Å²) in [7, 11) is 0. The van der Waals surface area contributed by atoms with Gasteiger partial charge in [0.2, 0.25) is 0 Å². The Bertz CT molecular complexity index is 774. The molecule has 0 aliphatic heterocycles. The number of unbranched alkanes of at least 4 members (excludes halogenated alkanes) is 14. The molecule has 0 saturated carbocycles. The van der Waals surface area contributed by atoms with Crippen LogP contribution < -0.4 is 0 Å². The maximum absolute atomic E-state index is 12.6. The molecule has 0 amide bonds. The van der Waals surface area contributed by atoms with Crippen molar-refractivity contribution in [3.8, 4) is 0 Å².